The van der Waals surface area contributed by atoms with Crippen molar-refractivity contribution in [1.82, 2.24) is 5.32 Å². The van der Waals surface area contributed by atoms with Crippen molar-refractivity contribution in [2.24, 2.45) is 0 Å². The van der Waals surface area contributed by atoms with Crippen molar-refractivity contribution in [2.45, 2.75) is 11.3 Å². The molecular formula is C20H25N3O5S. The molecule has 1 amide bonds. The second-order valence-corrected chi connectivity index (χ2v) is 7.54. The Morgan fingerprint density at radius 3 is 2.59 bits per heavy atom. The van der Waals surface area contributed by atoms with Crippen LogP contribution >= 0.6 is 11.8 Å². The fourth-order valence-corrected chi connectivity index (χ4v) is 3.36. The fraction of sp³-hybridized carbons (Fsp3) is 0.300. The topological polar surface area (TPSA) is 106 Å². The van der Waals surface area contributed by atoms with Gasteiger partial charge in [-0.25, -0.2) is 10.0 Å². The van der Waals surface area contributed by atoms with Crippen LogP contribution in [0.1, 0.15) is 16.8 Å². The average Bonchev–Trinajstić information content (AvgIpc) is 2.71. The summed E-state index contributed by atoms with van der Waals surface area (Å²) in [6, 6.07) is 14.2. The SMILES string of the molecule is CN(C)c1ccc([NH+]([O-])O)cc1C(=O)OCC(=O)NCCCSc1ccccc1. The number of anilines is 1. The molecule has 2 aromatic carbocycles. The van der Waals surface area contributed by atoms with Crippen molar-refractivity contribution >= 4 is 35.0 Å². The number of amides is 1. The van der Waals surface area contributed by atoms with E-state index in [4.69, 9.17) is 9.94 Å². The Morgan fingerprint density at radius 2 is 1.93 bits per heavy atom. The van der Waals surface area contributed by atoms with Crippen LogP contribution in [0, 0.1) is 5.21 Å². The van der Waals surface area contributed by atoms with Crippen molar-refractivity contribution in [2.75, 3.05) is 37.9 Å². The van der Waals surface area contributed by atoms with Gasteiger partial charge in [-0.1, -0.05) is 18.2 Å². The molecule has 0 heterocycles. The Labute approximate surface area is 174 Å². The van der Waals surface area contributed by atoms with E-state index in [-0.39, 0.29) is 11.3 Å². The standard InChI is InChI=1S/C20H25N3O5S/c1-22(2)18-10-9-15(23(26)27)13-17(18)20(25)28-14-19(24)21-11-6-12-29-16-7-4-3-5-8-16/h3-5,7-10,13,23,26H,6,11-12,14H2,1-2H3,(H,21,24). The summed E-state index contributed by atoms with van der Waals surface area (Å²) in [6.45, 7) is 0.0580. The van der Waals surface area contributed by atoms with E-state index >= 15 is 0 Å². The van der Waals surface area contributed by atoms with Gasteiger partial charge in [0.25, 0.3) is 5.91 Å². The molecule has 0 saturated carbocycles. The highest BCUT2D eigenvalue weighted by atomic mass is 32.2. The van der Waals surface area contributed by atoms with E-state index in [1.165, 1.54) is 23.1 Å². The van der Waals surface area contributed by atoms with Gasteiger partial charge in [-0.2, -0.15) is 5.23 Å². The van der Waals surface area contributed by atoms with Crippen LogP contribution in [0.5, 0.6) is 0 Å². The predicted octanol–water partition coefficient (Wildman–Crippen LogP) is 1.61. The molecule has 2 aromatic rings. The first-order chi connectivity index (χ1) is 13.9. The first-order valence-electron chi connectivity index (χ1n) is 9.05. The quantitative estimate of drug-likeness (QED) is 0.232. The number of nitrogens with zero attached hydrogens (tertiary/aromatic N) is 1. The Morgan fingerprint density at radius 1 is 1.21 bits per heavy atom. The molecule has 8 nitrogen and oxygen atoms in total. The minimum atomic E-state index is -1.14. The molecule has 1 unspecified atom stereocenters. The van der Waals surface area contributed by atoms with Crippen LogP contribution in [-0.2, 0) is 9.53 Å². The van der Waals surface area contributed by atoms with Crippen LogP contribution in [0.3, 0.4) is 0 Å². The van der Waals surface area contributed by atoms with Gasteiger partial charge in [0, 0.05) is 37.7 Å². The van der Waals surface area contributed by atoms with E-state index in [9.17, 15) is 14.8 Å². The molecule has 0 saturated heterocycles. The van der Waals surface area contributed by atoms with Crippen molar-refractivity contribution in [3.05, 3.63) is 59.3 Å². The van der Waals surface area contributed by atoms with Gasteiger partial charge in [-0.05, 0) is 30.4 Å². The van der Waals surface area contributed by atoms with Crippen LogP contribution in [0.2, 0.25) is 0 Å². The van der Waals surface area contributed by atoms with E-state index in [2.05, 4.69) is 5.32 Å². The van der Waals surface area contributed by atoms with Crippen LogP contribution in [0.25, 0.3) is 0 Å². The van der Waals surface area contributed by atoms with E-state index in [0.29, 0.717) is 12.2 Å². The lowest BCUT2D eigenvalue weighted by Gasteiger charge is -2.19. The van der Waals surface area contributed by atoms with Crippen molar-refractivity contribution < 1.29 is 24.8 Å². The Kier molecular flexibility index (Phi) is 8.94. The third-order valence-electron chi connectivity index (χ3n) is 3.93. The summed E-state index contributed by atoms with van der Waals surface area (Å²) < 4.78 is 5.07. The summed E-state index contributed by atoms with van der Waals surface area (Å²) >= 11 is 1.71. The minimum absolute atomic E-state index is 0.0251. The molecule has 0 aliphatic heterocycles. The largest absolute Gasteiger partial charge is 0.595 e. The predicted molar refractivity (Wildman–Crippen MR) is 112 cm³/mol. The number of hydrogen-bond donors (Lipinski definition) is 3. The lowest BCUT2D eigenvalue weighted by Crippen LogP contribution is -2.99. The second kappa shape index (κ2) is 11.4. The van der Waals surface area contributed by atoms with Gasteiger partial charge < -0.3 is 20.2 Å². The highest BCUT2D eigenvalue weighted by molar-refractivity contribution is 7.99. The molecular weight excluding hydrogens is 394 g/mol. The van der Waals surface area contributed by atoms with Gasteiger partial charge in [0.2, 0.25) is 0 Å². The minimum Gasteiger partial charge on any atom is -0.595 e. The molecule has 3 N–H and O–H groups in total. The number of esters is 1. The average molecular weight is 420 g/mol. The molecule has 156 valence electrons. The maximum absolute atomic E-state index is 12.4. The van der Waals surface area contributed by atoms with Crippen molar-refractivity contribution in [3.8, 4) is 0 Å². The van der Waals surface area contributed by atoms with Gasteiger partial charge in [-0.15, -0.1) is 11.8 Å². The van der Waals surface area contributed by atoms with E-state index < -0.39 is 23.7 Å². The highest BCUT2D eigenvalue weighted by Crippen LogP contribution is 2.22. The normalized spacial score (nSPS) is 11.6. The number of quaternary nitrogens is 1. The van der Waals surface area contributed by atoms with Gasteiger partial charge >= 0.3 is 5.97 Å². The maximum atomic E-state index is 12.4. The Balaban J connectivity index is 1.78. The third-order valence-corrected chi connectivity index (χ3v) is 5.03. The monoisotopic (exact) mass is 419 g/mol. The van der Waals surface area contributed by atoms with Gasteiger partial charge in [-0.3, -0.25) is 4.79 Å². The summed E-state index contributed by atoms with van der Waals surface area (Å²) in [5, 5.41) is 21.8. The molecule has 0 spiro atoms. The van der Waals surface area contributed by atoms with E-state index in [1.54, 1.807) is 30.8 Å². The summed E-state index contributed by atoms with van der Waals surface area (Å²) in [4.78, 5) is 27.1. The zero-order valence-corrected chi connectivity index (χ0v) is 17.2. The number of thioether (sulfide) groups is 1. The lowest BCUT2D eigenvalue weighted by atomic mass is 10.1. The molecule has 2 rings (SSSR count). The van der Waals surface area contributed by atoms with Crippen LogP contribution in [0.15, 0.2) is 53.4 Å². The zero-order valence-electron chi connectivity index (χ0n) is 16.4. The third kappa shape index (κ3) is 7.39. The Hall–Kier alpha value is -2.59. The van der Waals surface area contributed by atoms with Gasteiger partial charge in [0.1, 0.15) is 0 Å². The first-order valence-corrected chi connectivity index (χ1v) is 10.0. The number of hydrogen-bond acceptors (Lipinski definition) is 7. The van der Waals surface area contributed by atoms with Gasteiger partial charge in [0.05, 0.1) is 11.3 Å². The van der Waals surface area contributed by atoms with Crippen molar-refractivity contribution in [1.29, 1.82) is 0 Å². The summed E-state index contributed by atoms with van der Waals surface area (Å²) in [6.07, 6.45) is 0.782. The van der Waals surface area contributed by atoms with E-state index in [1.807, 2.05) is 30.3 Å². The molecule has 0 fully saturated rings. The molecule has 0 aliphatic rings. The molecule has 0 aromatic heterocycles. The number of carbonyl (C=O) groups is 2. The molecule has 0 bridgehead atoms. The molecule has 0 aliphatic carbocycles. The zero-order chi connectivity index (χ0) is 21.2. The first kappa shape index (κ1) is 22.7. The van der Waals surface area contributed by atoms with Crippen molar-refractivity contribution in [3.63, 3.8) is 0 Å². The van der Waals surface area contributed by atoms with Crippen LogP contribution < -0.4 is 15.4 Å². The smallest absolute Gasteiger partial charge is 0.340 e. The molecule has 9 heteroatoms. The summed E-state index contributed by atoms with van der Waals surface area (Å²) in [5.74, 6) is -0.284. The summed E-state index contributed by atoms with van der Waals surface area (Å²) in [5.41, 5.74) is 0.586. The number of nitrogens with one attached hydrogen (secondary N) is 2. The number of ether oxygens (including phenoxy) is 1. The van der Waals surface area contributed by atoms with E-state index in [0.717, 1.165) is 12.2 Å². The van der Waals surface area contributed by atoms with Crippen LogP contribution in [0.4, 0.5) is 11.4 Å². The van der Waals surface area contributed by atoms with Crippen LogP contribution in [-0.4, -0.2) is 50.1 Å². The number of benzene rings is 2. The number of carbonyl (C=O) groups excluding carboxylic acids is 2. The molecule has 29 heavy (non-hydrogen) atoms. The fourth-order valence-electron chi connectivity index (χ4n) is 2.49. The molecule has 0 radical (unpaired) electrons. The Bertz CT molecular complexity index is 815. The van der Waals surface area contributed by atoms with Gasteiger partial charge in [0.15, 0.2) is 12.3 Å². The lowest BCUT2D eigenvalue weighted by molar-refractivity contribution is -0.991. The maximum Gasteiger partial charge on any atom is 0.340 e. The number of rotatable bonds is 10. The highest BCUT2D eigenvalue weighted by Gasteiger charge is 2.18. The molecule has 1 atom stereocenters. The second-order valence-electron chi connectivity index (χ2n) is 6.37. The summed E-state index contributed by atoms with van der Waals surface area (Å²) in [7, 11) is 3.46.